The first-order chi connectivity index (χ1) is 18.7. The summed E-state index contributed by atoms with van der Waals surface area (Å²) in [5, 5.41) is 2.76. The third-order valence-electron chi connectivity index (χ3n) is 6.08. The minimum Gasteiger partial charge on any atom is -0.494 e. The highest BCUT2D eigenvalue weighted by Crippen LogP contribution is 2.28. The number of amides is 2. The summed E-state index contributed by atoms with van der Waals surface area (Å²) >= 11 is 1.50. The fraction of sp³-hybridized carbons (Fsp3) is 0.310. The van der Waals surface area contributed by atoms with Crippen LogP contribution < -0.4 is 14.4 Å². The van der Waals surface area contributed by atoms with Gasteiger partial charge in [0, 0.05) is 18.0 Å². The number of carbonyl (C=O) groups excluding carboxylic acids is 2. The van der Waals surface area contributed by atoms with Gasteiger partial charge in [-0.1, -0.05) is 30.3 Å². The highest BCUT2D eigenvalue weighted by atomic mass is 32.2. The van der Waals surface area contributed by atoms with Crippen LogP contribution in [0.4, 0.5) is 5.69 Å². The number of sulfonamides is 1. The molecule has 10 heteroatoms. The van der Waals surface area contributed by atoms with Crippen LogP contribution in [0.5, 0.6) is 5.75 Å². The van der Waals surface area contributed by atoms with E-state index < -0.39 is 28.5 Å². The zero-order valence-electron chi connectivity index (χ0n) is 22.7. The van der Waals surface area contributed by atoms with Gasteiger partial charge in [-0.2, -0.15) is 0 Å². The molecule has 1 atom stereocenters. The molecule has 208 valence electrons. The van der Waals surface area contributed by atoms with Crippen LogP contribution in [0.3, 0.4) is 0 Å². The molecule has 3 aromatic rings. The Balaban J connectivity index is 2.02. The molecule has 1 unspecified atom stereocenters. The van der Waals surface area contributed by atoms with E-state index in [4.69, 9.17) is 4.74 Å². The number of nitrogens with zero attached hydrogens (tertiary/aromatic N) is 2. The molecule has 0 heterocycles. The number of thioether (sulfide) groups is 1. The highest BCUT2D eigenvalue weighted by molar-refractivity contribution is 7.98. The highest BCUT2D eigenvalue weighted by Gasteiger charge is 2.32. The van der Waals surface area contributed by atoms with Crippen molar-refractivity contribution in [2.75, 3.05) is 30.3 Å². The van der Waals surface area contributed by atoms with Crippen molar-refractivity contribution >= 4 is 39.3 Å². The number of likely N-dealkylation sites (N-methyl/N-ethyl adjacent to an activating group) is 1. The molecule has 0 aliphatic carbocycles. The Kier molecular flexibility index (Phi) is 10.8. The van der Waals surface area contributed by atoms with E-state index in [9.17, 15) is 18.0 Å². The van der Waals surface area contributed by atoms with Gasteiger partial charge < -0.3 is 15.0 Å². The second-order valence-electron chi connectivity index (χ2n) is 8.69. The Hall–Kier alpha value is -3.50. The zero-order valence-corrected chi connectivity index (χ0v) is 24.3. The number of benzene rings is 3. The van der Waals surface area contributed by atoms with Gasteiger partial charge in [0.15, 0.2) is 0 Å². The Bertz CT molecular complexity index is 1330. The van der Waals surface area contributed by atoms with Crippen molar-refractivity contribution in [3.05, 3.63) is 84.4 Å². The van der Waals surface area contributed by atoms with Gasteiger partial charge in [-0.3, -0.25) is 13.9 Å². The lowest BCUT2D eigenvalue weighted by atomic mass is 10.1. The average Bonchev–Trinajstić information content (AvgIpc) is 2.95. The summed E-state index contributed by atoms with van der Waals surface area (Å²) in [5.41, 5.74) is 1.14. The first-order valence-electron chi connectivity index (χ1n) is 12.7. The summed E-state index contributed by atoms with van der Waals surface area (Å²) in [7, 11) is -4.13. The normalized spacial score (nSPS) is 11.9. The van der Waals surface area contributed by atoms with E-state index in [1.807, 2.05) is 43.5 Å². The van der Waals surface area contributed by atoms with Crippen LogP contribution >= 0.6 is 11.8 Å². The summed E-state index contributed by atoms with van der Waals surface area (Å²) in [6.45, 7) is 5.84. The second kappa shape index (κ2) is 14.0. The molecule has 0 fully saturated rings. The lowest BCUT2D eigenvalue weighted by Crippen LogP contribution is -2.51. The maximum absolute atomic E-state index is 13.9. The predicted molar refractivity (Wildman–Crippen MR) is 156 cm³/mol. The number of hydrogen-bond donors (Lipinski definition) is 1. The number of carbonyl (C=O) groups is 2. The van der Waals surface area contributed by atoms with E-state index in [0.29, 0.717) is 24.6 Å². The SMILES string of the molecule is CCNC(=O)C(C)N(Cc1ccccc1)C(=O)CN(c1ccc(OCC)cc1)S(=O)(=O)c1ccc(SC)cc1. The van der Waals surface area contributed by atoms with Crippen molar-refractivity contribution < 1.29 is 22.7 Å². The van der Waals surface area contributed by atoms with E-state index >= 15 is 0 Å². The summed E-state index contributed by atoms with van der Waals surface area (Å²) in [6, 6.07) is 21.6. The average molecular weight is 570 g/mol. The molecule has 0 radical (unpaired) electrons. The maximum Gasteiger partial charge on any atom is 0.264 e. The van der Waals surface area contributed by atoms with Gasteiger partial charge in [-0.25, -0.2) is 8.42 Å². The van der Waals surface area contributed by atoms with Gasteiger partial charge in [0.2, 0.25) is 11.8 Å². The molecule has 2 amide bonds. The quantitative estimate of drug-likeness (QED) is 0.303. The van der Waals surface area contributed by atoms with Crippen molar-refractivity contribution in [2.45, 2.75) is 43.1 Å². The molecule has 1 N–H and O–H groups in total. The molecule has 0 bridgehead atoms. The van der Waals surface area contributed by atoms with Crippen LogP contribution in [0.25, 0.3) is 0 Å². The number of anilines is 1. The Morgan fingerprint density at radius 3 is 2.15 bits per heavy atom. The van der Waals surface area contributed by atoms with Crippen LogP contribution in [0.2, 0.25) is 0 Å². The van der Waals surface area contributed by atoms with Crippen molar-refractivity contribution in [3.63, 3.8) is 0 Å². The third kappa shape index (κ3) is 7.77. The van der Waals surface area contributed by atoms with Gasteiger partial charge >= 0.3 is 0 Å². The monoisotopic (exact) mass is 569 g/mol. The predicted octanol–water partition coefficient (Wildman–Crippen LogP) is 4.56. The zero-order chi connectivity index (χ0) is 28.4. The first-order valence-corrected chi connectivity index (χ1v) is 15.4. The van der Waals surface area contributed by atoms with Crippen LogP contribution in [-0.4, -0.2) is 57.1 Å². The molecule has 0 saturated carbocycles. The van der Waals surface area contributed by atoms with Crippen LogP contribution in [0, 0.1) is 0 Å². The molecule has 0 aromatic heterocycles. The molecule has 0 aliphatic heterocycles. The fourth-order valence-corrected chi connectivity index (χ4v) is 5.79. The van der Waals surface area contributed by atoms with Gasteiger partial charge in [-0.05, 0) is 81.1 Å². The molecule has 0 spiro atoms. The molecule has 8 nitrogen and oxygen atoms in total. The number of hydrogen-bond acceptors (Lipinski definition) is 6. The minimum atomic E-state index is -4.13. The first kappa shape index (κ1) is 30.0. The number of nitrogens with one attached hydrogen (secondary N) is 1. The van der Waals surface area contributed by atoms with E-state index in [1.165, 1.54) is 28.8 Å². The molecule has 39 heavy (non-hydrogen) atoms. The van der Waals surface area contributed by atoms with Gasteiger partial charge in [0.1, 0.15) is 18.3 Å². The molecule has 0 aliphatic rings. The molecule has 3 rings (SSSR count). The Morgan fingerprint density at radius 2 is 1.59 bits per heavy atom. The summed E-state index contributed by atoms with van der Waals surface area (Å²) < 4.78 is 34.4. The van der Waals surface area contributed by atoms with E-state index in [1.54, 1.807) is 50.2 Å². The Labute approximate surface area is 235 Å². The second-order valence-corrected chi connectivity index (χ2v) is 11.4. The number of ether oxygens (including phenoxy) is 1. The van der Waals surface area contributed by atoms with Crippen molar-refractivity contribution in [1.29, 1.82) is 0 Å². The largest absolute Gasteiger partial charge is 0.494 e. The smallest absolute Gasteiger partial charge is 0.264 e. The molecular formula is C29H35N3O5S2. The van der Waals surface area contributed by atoms with Crippen LogP contribution in [0.1, 0.15) is 26.3 Å². The van der Waals surface area contributed by atoms with E-state index in [2.05, 4.69) is 5.32 Å². The summed E-state index contributed by atoms with van der Waals surface area (Å²) in [5.74, 6) is -0.231. The lowest BCUT2D eigenvalue weighted by molar-refractivity contribution is -0.139. The van der Waals surface area contributed by atoms with Gasteiger partial charge in [-0.15, -0.1) is 11.8 Å². The minimum absolute atomic E-state index is 0.0633. The molecular weight excluding hydrogens is 534 g/mol. The topological polar surface area (TPSA) is 96.0 Å². The fourth-order valence-electron chi connectivity index (χ4n) is 3.96. The van der Waals surface area contributed by atoms with Crippen molar-refractivity contribution in [2.24, 2.45) is 0 Å². The summed E-state index contributed by atoms with van der Waals surface area (Å²) in [4.78, 5) is 29.0. The van der Waals surface area contributed by atoms with E-state index in [0.717, 1.165) is 14.8 Å². The third-order valence-corrected chi connectivity index (χ3v) is 8.61. The van der Waals surface area contributed by atoms with Gasteiger partial charge in [0.05, 0.1) is 17.2 Å². The number of rotatable bonds is 13. The van der Waals surface area contributed by atoms with Crippen LogP contribution in [-0.2, 0) is 26.2 Å². The molecule has 3 aromatic carbocycles. The van der Waals surface area contributed by atoms with Crippen molar-refractivity contribution in [1.82, 2.24) is 10.2 Å². The summed E-state index contributed by atoms with van der Waals surface area (Å²) in [6.07, 6.45) is 1.91. The maximum atomic E-state index is 13.9. The van der Waals surface area contributed by atoms with E-state index in [-0.39, 0.29) is 17.3 Å². The Morgan fingerprint density at radius 1 is 0.949 bits per heavy atom. The standard InChI is InChI=1S/C29H35N3O5S2/c1-5-30-29(34)22(3)31(20-23-10-8-7-9-11-23)28(33)21-32(24-12-14-25(15-13-24)37-6-2)39(35,36)27-18-16-26(38-4)17-19-27/h7-19,22H,5-6,20-21H2,1-4H3,(H,30,34). The van der Waals surface area contributed by atoms with Crippen LogP contribution in [0.15, 0.2) is 88.7 Å². The lowest BCUT2D eigenvalue weighted by Gasteiger charge is -2.32. The molecule has 0 saturated heterocycles. The van der Waals surface area contributed by atoms with Crippen molar-refractivity contribution in [3.8, 4) is 5.75 Å². The van der Waals surface area contributed by atoms with Gasteiger partial charge in [0.25, 0.3) is 10.0 Å².